The van der Waals surface area contributed by atoms with E-state index in [9.17, 15) is 0 Å². The van der Waals surface area contributed by atoms with Gasteiger partial charge in [-0.05, 0) is 56.2 Å². The molecule has 0 radical (unpaired) electrons. The van der Waals surface area contributed by atoms with Crippen LogP contribution < -0.4 is 4.74 Å². The van der Waals surface area contributed by atoms with E-state index >= 15 is 0 Å². The van der Waals surface area contributed by atoms with Gasteiger partial charge in [0.25, 0.3) is 0 Å². The number of aromatic nitrogens is 5. The molecule has 0 saturated carbocycles. The van der Waals surface area contributed by atoms with E-state index in [4.69, 9.17) is 4.74 Å². The van der Waals surface area contributed by atoms with E-state index in [0.717, 1.165) is 39.9 Å². The van der Waals surface area contributed by atoms with Gasteiger partial charge in [-0.25, -0.2) is 14.5 Å². The van der Waals surface area contributed by atoms with Crippen molar-refractivity contribution in [1.82, 2.24) is 24.1 Å². The van der Waals surface area contributed by atoms with E-state index in [1.807, 2.05) is 41.3 Å². The largest absolute Gasteiger partial charge is 0.495 e. The molecule has 0 fully saturated rings. The van der Waals surface area contributed by atoms with Gasteiger partial charge >= 0.3 is 0 Å². The summed E-state index contributed by atoms with van der Waals surface area (Å²) in [7, 11) is 1.68. The minimum absolute atomic E-state index is 0.653. The molecule has 132 valence electrons. The van der Waals surface area contributed by atoms with Gasteiger partial charge in [-0.15, -0.1) is 0 Å². The third-order valence-electron chi connectivity index (χ3n) is 4.40. The topological polar surface area (TPSA) is 57.2 Å². The zero-order chi connectivity index (χ0) is 18.3. The second kappa shape index (κ2) is 6.29. The Hall–Kier alpha value is -3.15. The highest BCUT2D eigenvalue weighted by molar-refractivity contribution is 5.50. The van der Waals surface area contributed by atoms with Gasteiger partial charge in [-0.2, -0.15) is 5.10 Å². The van der Waals surface area contributed by atoms with Crippen molar-refractivity contribution in [2.24, 2.45) is 0 Å². The van der Waals surface area contributed by atoms with Gasteiger partial charge in [-0.3, -0.25) is 0 Å². The maximum absolute atomic E-state index is 5.59. The fourth-order valence-electron chi connectivity index (χ4n) is 3.21. The predicted octanol–water partition coefficient (Wildman–Crippen LogP) is 3.44. The maximum Gasteiger partial charge on any atom is 0.156 e. The first-order chi connectivity index (χ1) is 12.5. The first-order valence-corrected chi connectivity index (χ1v) is 8.54. The Balaban J connectivity index is 1.67. The molecule has 26 heavy (non-hydrogen) atoms. The van der Waals surface area contributed by atoms with Crippen LogP contribution in [0.2, 0.25) is 0 Å². The van der Waals surface area contributed by atoms with Crippen molar-refractivity contribution in [3.63, 3.8) is 0 Å². The molecule has 0 aliphatic carbocycles. The van der Waals surface area contributed by atoms with E-state index in [1.54, 1.807) is 13.4 Å². The molecule has 0 aliphatic rings. The summed E-state index contributed by atoms with van der Waals surface area (Å²) in [6.45, 7) is 6.09. The predicted molar refractivity (Wildman–Crippen MR) is 100 cm³/mol. The van der Waals surface area contributed by atoms with Crippen molar-refractivity contribution in [2.75, 3.05) is 7.11 Å². The van der Waals surface area contributed by atoms with Crippen LogP contribution in [0.5, 0.6) is 5.75 Å². The van der Waals surface area contributed by atoms with Gasteiger partial charge in [0, 0.05) is 18.3 Å². The van der Waals surface area contributed by atoms with Crippen LogP contribution in [0.25, 0.3) is 11.3 Å². The van der Waals surface area contributed by atoms with Crippen LogP contribution in [0.4, 0.5) is 0 Å². The zero-order valence-corrected chi connectivity index (χ0v) is 15.4. The number of benzene rings is 1. The van der Waals surface area contributed by atoms with Crippen molar-refractivity contribution in [3.05, 3.63) is 71.2 Å². The summed E-state index contributed by atoms with van der Waals surface area (Å²) in [5.41, 5.74) is 6.20. The number of aryl methyl sites for hydroxylation is 3. The highest BCUT2D eigenvalue weighted by atomic mass is 16.5. The average molecular weight is 347 g/mol. The highest BCUT2D eigenvalue weighted by Crippen LogP contribution is 2.25. The standard InChI is InChI=1S/C20H21N5O/c1-13-7-15(3)25-20(8-13)22-19(23-25)10-16-5-6-17(18(9-16)26-4)24-11-14(2)21-12-24/h5-9,11-12H,10H2,1-4H3. The quantitative estimate of drug-likeness (QED) is 0.567. The second-order valence-corrected chi connectivity index (χ2v) is 6.58. The highest BCUT2D eigenvalue weighted by Gasteiger charge is 2.11. The average Bonchev–Trinajstić information content (AvgIpc) is 3.21. The molecule has 4 rings (SSSR count). The van der Waals surface area contributed by atoms with Crippen LogP contribution in [-0.2, 0) is 6.42 Å². The number of imidazole rings is 1. The van der Waals surface area contributed by atoms with Crippen LogP contribution in [0.15, 0.2) is 42.9 Å². The van der Waals surface area contributed by atoms with Crippen LogP contribution in [-0.4, -0.2) is 31.3 Å². The Kier molecular flexibility index (Phi) is 3.95. The van der Waals surface area contributed by atoms with Crippen molar-refractivity contribution < 1.29 is 4.74 Å². The van der Waals surface area contributed by atoms with Crippen molar-refractivity contribution >= 4 is 5.65 Å². The first kappa shape index (κ1) is 16.3. The monoisotopic (exact) mass is 347 g/mol. The molecule has 0 aliphatic heterocycles. The lowest BCUT2D eigenvalue weighted by molar-refractivity contribution is 0.412. The number of hydrogen-bond donors (Lipinski definition) is 0. The number of methoxy groups -OCH3 is 1. The Morgan fingerprint density at radius 3 is 2.65 bits per heavy atom. The van der Waals surface area contributed by atoms with Gasteiger partial charge in [0.05, 0.1) is 24.8 Å². The summed E-state index contributed by atoms with van der Waals surface area (Å²) in [5.74, 6) is 1.60. The molecule has 3 heterocycles. The van der Waals surface area contributed by atoms with E-state index in [0.29, 0.717) is 6.42 Å². The minimum Gasteiger partial charge on any atom is -0.495 e. The molecular formula is C20H21N5O. The Labute approximate surface area is 152 Å². The van der Waals surface area contributed by atoms with Crippen molar-refractivity contribution in [1.29, 1.82) is 0 Å². The zero-order valence-electron chi connectivity index (χ0n) is 15.4. The number of rotatable bonds is 4. The molecule has 0 unspecified atom stereocenters. The number of ether oxygens (including phenoxy) is 1. The fraction of sp³-hybridized carbons (Fsp3) is 0.250. The van der Waals surface area contributed by atoms with E-state index in [2.05, 4.69) is 40.2 Å². The van der Waals surface area contributed by atoms with E-state index in [1.165, 1.54) is 5.56 Å². The summed E-state index contributed by atoms with van der Waals surface area (Å²) in [5, 5.41) is 4.64. The van der Waals surface area contributed by atoms with Gasteiger partial charge in [0.15, 0.2) is 11.5 Å². The first-order valence-electron chi connectivity index (χ1n) is 8.54. The summed E-state index contributed by atoms with van der Waals surface area (Å²) < 4.78 is 9.44. The summed E-state index contributed by atoms with van der Waals surface area (Å²) in [6, 6.07) is 10.3. The maximum atomic E-state index is 5.59. The fourth-order valence-corrected chi connectivity index (χ4v) is 3.21. The van der Waals surface area contributed by atoms with Crippen LogP contribution in [0.3, 0.4) is 0 Å². The van der Waals surface area contributed by atoms with Gasteiger partial charge in [0.1, 0.15) is 5.75 Å². The molecule has 4 aromatic rings. The van der Waals surface area contributed by atoms with Crippen LogP contribution >= 0.6 is 0 Å². The molecule has 0 saturated heterocycles. The third-order valence-corrected chi connectivity index (χ3v) is 4.40. The van der Waals surface area contributed by atoms with Crippen LogP contribution in [0, 0.1) is 20.8 Å². The SMILES string of the molecule is COc1cc(Cc2nc3cc(C)cc(C)n3n2)ccc1-n1cnc(C)c1. The summed E-state index contributed by atoms with van der Waals surface area (Å²) in [4.78, 5) is 8.95. The molecule has 0 atom stereocenters. The molecule has 0 N–H and O–H groups in total. The molecule has 6 nitrogen and oxygen atoms in total. The lowest BCUT2D eigenvalue weighted by Crippen LogP contribution is -1.99. The number of nitrogens with zero attached hydrogens (tertiary/aromatic N) is 5. The summed E-state index contributed by atoms with van der Waals surface area (Å²) >= 11 is 0. The molecule has 0 bridgehead atoms. The molecule has 0 spiro atoms. The lowest BCUT2D eigenvalue weighted by atomic mass is 10.1. The minimum atomic E-state index is 0.653. The lowest BCUT2D eigenvalue weighted by Gasteiger charge is -2.10. The normalized spacial score (nSPS) is 11.2. The van der Waals surface area contributed by atoms with Gasteiger partial charge in [0.2, 0.25) is 0 Å². The molecular weight excluding hydrogens is 326 g/mol. The van der Waals surface area contributed by atoms with Crippen molar-refractivity contribution in [3.8, 4) is 11.4 Å². The van der Waals surface area contributed by atoms with E-state index in [-0.39, 0.29) is 0 Å². The molecule has 1 aromatic carbocycles. The number of fused-ring (bicyclic) bond motifs is 1. The van der Waals surface area contributed by atoms with E-state index < -0.39 is 0 Å². The molecule has 3 aromatic heterocycles. The third kappa shape index (κ3) is 2.94. The van der Waals surface area contributed by atoms with Crippen LogP contribution in [0.1, 0.15) is 28.3 Å². The smallest absolute Gasteiger partial charge is 0.156 e. The molecule has 0 amide bonds. The van der Waals surface area contributed by atoms with Gasteiger partial charge < -0.3 is 9.30 Å². The molecule has 6 heteroatoms. The number of hydrogen-bond acceptors (Lipinski definition) is 4. The Morgan fingerprint density at radius 2 is 1.92 bits per heavy atom. The number of pyridine rings is 1. The second-order valence-electron chi connectivity index (χ2n) is 6.58. The Bertz CT molecular complexity index is 1090. The van der Waals surface area contributed by atoms with Gasteiger partial charge in [-0.1, -0.05) is 6.07 Å². The van der Waals surface area contributed by atoms with Crippen molar-refractivity contribution in [2.45, 2.75) is 27.2 Å². The summed E-state index contributed by atoms with van der Waals surface area (Å²) in [6.07, 6.45) is 4.42. The Morgan fingerprint density at radius 1 is 1.08 bits per heavy atom.